The van der Waals surface area contributed by atoms with E-state index in [0.29, 0.717) is 0 Å². The first-order valence-electron chi connectivity index (χ1n) is 17.5. The predicted molar refractivity (Wildman–Crippen MR) is 204 cm³/mol. The van der Waals surface area contributed by atoms with E-state index in [9.17, 15) is 0 Å². The molecule has 0 amide bonds. The van der Waals surface area contributed by atoms with Crippen LogP contribution in [0.25, 0.3) is 32.7 Å². The van der Waals surface area contributed by atoms with Gasteiger partial charge in [0.05, 0.1) is 0 Å². The van der Waals surface area contributed by atoms with Crippen molar-refractivity contribution in [3.05, 3.63) is 185 Å². The minimum absolute atomic E-state index is 0. The van der Waals surface area contributed by atoms with E-state index in [1.807, 2.05) is 36.4 Å². The van der Waals surface area contributed by atoms with E-state index in [2.05, 4.69) is 129 Å². The number of fused-ring (bicyclic) bond motifs is 8. The number of hydrogen-bond acceptors (Lipinski definition) is 0. The Bertz CT molecular complexity index is 2000. The number of rotatable bonds is 8. The van der Waals surface area contributed by atoms with Crippen LogP contribution in [0.1, 0.15) is 72.9 Å². The molecule has 8 rings (SSSR count). The Labute approximate surface area is 326 Å². The molecule has 0 fully saturated rings. The van der Waals surface area contributed by atoms with Crippen molar-refractivity contribution >= 4 is 24.8 Å². The Morgan fingerprint density at radius 1 is 0.620 bits per heavy atom. The van der Waals surface area contributed by atoms with E-state index >= 15 is 0 Å². The summed E-state index contributed by atoms with van der Waals surface area (Å²) >= 11 is 1.08. The summed E-state index contributed by atoms with van der Waals surface area (Å²) in [4.78, 5) is 0. The van der Waals surface area contributed by atoms with Crippen LogP contribution in [0.2, 0.25) is 0 Å². The third-order valence-corrected chi connectivity index (χ3v) is 11.4. The van der Waals surface area contributed by atoms with Crippen molar-refractivity contribution in [2.75, 3.05) is 0 Å². The van der Waals surface area contributed by atoms with Gasteiger partial charge in [0.2, 0.25) is 0 Å². The van der Waals surface area contributed by atoms with Gasteiger partial charge < -0.3 is 24.8 Å². The van der Waals surface area contributed by atoms with Gasteiger partial charge in [-0.15, -0.1) is 40.6 Å². The van der Waals surface area contributed by atoms with Crippen LogP contribution in [0.3, 0.4) is 0 Å². The molecule has 0 bridgehead atoms. The molecule has 0 aromatic heterocycles. The van der Waals surface area contributed by atoms with Crippen LogP contribution < -0.4 is 24.8 Å². The van der Waals surface area contributed by atoms with Crippen LogP contribution >= 0.6 is 0 Å². The largest absolute Gasteiger partial charge is 1.00 e. The molecule has 0 unspecified atom stereocenters. The number of hydrogen-bond donors (Lipinski definition) is 0. The fourth-order valence-corrected chi connectivity index (χ4v) is 7.85. The van der Waals surface area contributed by atoms with E-state index in [0.717, 1.165) is 30.3 Å². The van der Waals surface area contributed by atoms with E-state index in [1.54, 1.807) is 0 Å². The van der Waals surface area contributed by atoms with E-state index in [1.165, 1.54) is 108 Å². The molecule has 7 aromatic carbocycles. The molecule has 0 radical (unpaired) electrons. The van der Waals surface area contributed by atoms with Crippen LogP contribution in [-0.4, -0.2) is 3.26 Å². The molecule has 0 nitrogen and oxygen atoms in total. The summed E-state index contributed by atoms with van der Waals surface area (Å²) in [7, 11) is 0. The van der Waals surface area contributed by atoms with Gasteiger partial charge in [-0.1, -0.05) is 53.9 Å². The molecule has 50 heavy (non-hydrogen) atoms. The number of halogens is 2. The summed E-state index contributed by atoms with van der Waals surface area (Å²) in [6.07, 6.45) is 8.55. The van der Waals surface area contributed by atoms with Crippen LogP contribution in [0.15, 0.2) is 146 Å². The monoisotopic (exact) mass is 858 g/mol. The third-order valence-electron chi connectivity index (χ3n) is 9.28. The van der Waals surface area contributed by atoms with Crippen molar-refractivity contribution in [3.8, 4) is 11.1 Å². The minimum Gasteiger partial charge on any atom is -1.00 e. The smallest absolute Gasteiger partial charge is 0.0240 e. The van der Waals surface area contributed by atoms with Crippen molar-refractivity contribution in [2.45, 2.75) is 58.8 Å². The van der Waals surface area contributed by atoms with Crippen molar-refractivity contribution in [1.29, 1.82) is 0 Å². The summed E-state index contributed by atoms with van der Waals surface area (Å²) in [5.41, 5.74) is 11.4. The fourth-order valence-electron chi connectivity index (χ4n) is 6.65. The Hall–Kier alpha value is -3.49. The molecule has 0 atom stereocenters. The first kappa shape index (κ1) is 39.3. The maximum Gasteiger partial charge on any atom is -0.0240 e. The maximum absolute atomic E-state index is 3.48. The minimum atomic E-state index is 0. The average Bonchev–Trinajstić information content (AvgIpc) is 3.87. The number of benzene rings is 6. The van der Waals surface area contributed by atoms with Gasteiger partial charge in [0.1, 0.15) is 0 Å². The molecule has 0 heterocycles. The Balaban J connectivity index is 0.000000190. The molecule has 0 spiro atoms. The fraction of sp³-hybridized carbons (Fsp3) is 0.191. The topological polar surface area (TPSA) is 0 Å². The van der Waals surface area contributed by atoms with Gasteiger partial charge in [0, 0.05) is 0 Å². The van der Waals surface area contributed by atoms with Crippen molar-refractivity contribution < 1.29 is 48.7 Å². The second-order valence-corrected chi connectivity index (χ2v) is 14.4. The summed E-state index contributed by atoms with van der Waals surface area (Å²) < 4.78 is 1.50. The summed E-state index contributed by atoms with van der Waals surface area (Å²) in [6.45, 7) is 4.50. The van der Waals surface area contributed by atoms with Gasteiger partial charge in [-0.2, -0.15) is 18.2 Å². The molecule has 3 heteroatoms. The normalized spacial score (nSPS) is 10.8. The zero-order valence-corrected chi connectivity index (χ0v) is 34.2. The van der Waals surface area contributed by atoms with Gasteiger partial charge >= 0.3 is 150 Å². The zero-order valence-electron chi connectivity index (χ0n) is 29.1. The SMILES string of the molecule is CCCCc1ccc([C](=[Hf+2])c2ccc(CCCC)cc2)cc1.[Cl-].[Cl-].[c-]1cccc2c1c1c(c3ccccc32)-c2ccccc2C1.c1cc[cH-]c1. The van der Waals surface area contributed by atoms with Crippen molar-refractivity contribution in [1.82, 2.24) is 0 Å². The molecule has 1 aliphatic rings. The second kappa shape index (κ2) is 19.8. The summed E-state index contributed by atoms with van der Waals surface area (Å²) in [5.74, 6) is 0. The molecule has 252 valence electrons. The molecular weight excluding hydrogens is 814 g/mol. The van der Waals surface area contributed by atoms with Gasteiger partial charge in [-0.25, -0.2) is 12.1 Å². The van der Waals surface area contributed by atoms with Gasteiger partial charge in [0.25, 0.3) is 0 Å². The average molecular weight is 858 g/mol. The quantitative estimate of drug-likeness (QED) is 0.0963. The molecule has 0 saturated heterocycles. The Morgan fingerprint density at radius 2 is 1.16 bits per heavy atom. The third kappa shape index (κ3) is 9.43. The van der Waals surface area contributed by atoms with Crippen LogP contribution in [0.5, 0.6) is 0 Å². The number of unbranched alkanes of at least 4 members (excludes halogenated alkanes) is 2. The molecule has 1 aliphatic carbocycles. The van der Waals surface area contributed by atoms with Crippen LogP contribution in [0.4, 0.5) is 0 Å². The van der Waals surface area contributed by atoms with E-state index < -0.39 is 0 Å². The molecule has 0 N–H and O–H groups in total. The van der Waals surface area contributed by atoms with Crippen LogP contribution in [-0.2, 0) is 43.2 Å². The molecule has 0 saturated carbocycles. The van der Waals surface area contributed by atoms with Crippen molar-refractivity contribution in [3.63, 3.8) is 0 Å². The molecular formula is C47H44Cl2Hf-2. The van der Waals surface area contributed by atoms with E-state index in [4.69, 9.17) is 0 Å². The zero-order chi connectivity index (χ0) is 33.1. The van der Waals surface area contributed by atoms with Gasteiger partial charge in [-0.3, -0.25) is 0 Å². The molecule has 0 aliphatic heterocycles. The summed E-state index contributed by atoms with van der Waals surface area (Å²) in [6, 6.07) is 55.8. The Morgan fingerprint density at radius 3 is 1.72 bits per heavy atom. The standard InChI is InChI=1S/C21H13.C21H26.C5H5.2ClH.Hf/c1-2-8-15-14(7-1)13-20-18-11-4-3-9-16(18)17-10-5-6-12-19(17)21(15)20;1-3-5-7-18-9-13-20(14-10-18)17-21-15-11-19(12-16-21)8-6-4-2;1-2-4-5-3-1;;;/h1-10,12H,13H2;9-16H,3-8H2,1-2H3;1-5H;2*1H;/q-1;;-1;;;+2/p-2. The van der Waals surface area contributed by atoms with Gasteiger partial charge in [0.15, 0.2) is 0 Å². The summed E-state index contributed by atoms with van der Waals surface area (Å²) in [5, 5.41) is 5.30. The van der Waals surface area contributed by atoms with Gasteiger partial charge in [-0.05, 0) is 28.5 Å². The second-order valence-electron chi connectivity index (χ2n) is 12.6. The molecule has 7 aromatic rings. The van der Waals surface area contributed by atoms with E-state index in [-0.39, 0.29) is 24.8 Å². The first-order chi connectivity index (χ1) is 23.7. The number of aryl methyl sites for hydroxylation is 2. The van der Waals surface area contributed by atoms with Crippen molar-refractivity contribution in [2.24, 2.45) is 0 Å². The van der Waals surface area contributed by atoms with Crippen LogP contribution in [0, 0.1) is 6.07 Å². The maximum atomic E-state index is 3.48. The first-order valence-corrected chi connectivity index (χ1v) is 19.3. The predicted octanol–water partition coefficient (Wildman–Crippen LogP) is 6.27. The Kier molecular flexibility index (Phi) is 15.5.